The molecule has 0 spiro atoms. The van der Waals surface area contributed by atoms with E-state index >= 15 is 0 Å². The lowest BCUT2D eigenvalue weighted by atomic mass is 9.70. The molecule has 0 aliphatic carbocycles. The molecule has 0 saturated carbocycles. The third-order valence-corrected chi connectivity index (χ3v) is 7.12. The van der Waals surface area contributed by atoms with Crippen LogP contribution in [0, 0.1) is 5.82 Å². The fourth-order valence-electron chi connectivity index (χ4n) is 5.16. The highest BCUT2D eigenvalue weighted by Gasteiger charge is 2.71. The predicted molar refractivity (Wildman–Crippen MR) is 122 cm³/mol. The molecule has 1 heterocycles. The van der Waals surface area contributed by atoms with Gasteiger partial charge in [0.15, 0.2) is 0 Å². The van der Waals surface area contributed by atoms with Crippen LogP contribution >= 0.6 is 0 Å². The summed E-state index contributed by atoms with van der Waals surface area (Å²) in [7, 11) is 0. The molecule has 3 nitrogen and oxygen atoms in total. The van der Waals surface area contributed by atoms with E-state index in [1.54, 1.807) is 0 Å². The summed E-state index contributed by atoms with van der Waals surface area (Å²) in [5.41, 5.74) is -5.45. The summed E-state index contributed by atoms with van der Waals surface area (Å²) in [6.45, 7) is 0.728. The number of benzene rings is 3. The first kappa shape index (κ1) is 27.1. The van der Waals surface area contributed by atoms with Crippen LogP contribution in [0.2, 0.25) is 0 Å². The number of rotatable bonds is 6. The standard InChI is InChI=1S/C27H24F7NO2/c28-22-12-10-20(11-13-22)24(17-36)16-35(14-18-4-2-1-3-5-18)15-23(24)19-6-8-21(9-7-19)25(37,26(29,30)31)27(32,33)34/h1-13,23,36-37H,14-17H2. The van der Waals surface area contributed by atoms with Crippen LogP contribution in [-0.4, -0.2) is 47.2 Å². The number of alkyl halides is 6. The van der Waals surface area contributed by atoms with Gasteiger partial charge in [0.1, 0.15) is 5.82 Å². The van der Waals surface area contributed by atoms with Crippen LogP contribution in [0.4, 0.5) is 30.7 Å². The normalized spacial score (nSPS) is 21.4. The Morgan fingerprint density at radius 3 is 1.89 bits per heavy atom. The molecule has 0 radical (unpaired) electrons. The summed E-state index contributed by atoms with van der Waals surface area (Å²) in [6, 6.07) is 18.4. The fourth-order valence-corrected chi connectivity index (χ4v) is 5.16. The molecule has 1 aliphatic heterocycles. The molecule has 0 amide bonds. The second-order valence-corrected chi connectivity index (χ2v) is 9.36. The molecule has 1 saturated heterocycles. The summed E-state index contributed by atoms with van der Waals surface area (Å²) in [6.07, 6.45) is -12.0. The molecule has 3 aromatic carbocycles. The molecular weight excluding hydrogens is 503 g/mol. The maximum absolute atomic E-state index is 13.7. The van der Waals surface area contributed by atoms with Gasteiger partial charge in [0.25, 0.3) is 5.60 Å². The number of likely N-dealkylation sites (tertiary alicyclic amines) is 1. The average Bonchev–Trinajstić information content (AvgIpc) is 3.22. The van der Waals surface area contributed by atoms with E-state index in [4.69, 9.17) is 0 Å². The van der Waals surface area contributed by atoms with Gasteiger partial charge in [0.2, 0.25) is 0 Å². The molecule has 1 aliphatic rings. The van der Waals surface area contributed by atoms with E-state index in [9.17, 15) is 40.9 Å². The van der Waals surface area contributed by atoms with Crippen molar-refractivity contribution in [2.24, 2.45) is 0 Å². The van der Waals surface area contributed by atoms with Gasteiger partial charge in [-0.05, 0) is 28.8 Å². The zero-order valence-corrected chi connectivity index (χ0v) is 19.4. The molecule has 2 atom stereocenters. The van der Waals surface area contributed by atoms with Crippen LogP contribution in [0.1, 0.15) is 28.2 Å². The van der Waals surface area contributed by atoms with Crippen LogP contribution in [0.15, 0.2) is 78.9 Å². The molecule has 198 valence electrons. The SMILES string of the molecule is OCC1(c2ccc(F)cc2)CN(Cc2ccccc2)CC1c1ccc(C(O)(C(F)(F)F)C(F)(F)F)cc1. The monoisotopic (exact) mass is 527 g/mol. The molecule has 0 aromatic heterocycles. The highest BCUT2D eigenvalue weighted by molar-refractivity contribution is 5.40. The van der Waals surface area contributed by atoms with Crippen molar-refractivity contribution in [2.45, 2.75) is 35.8 Å². The lowest BCUT2D eigenvalue weighted by molar-refractivity contribution is -0.376. The van der Waals surface area contributed by atoms with E-state index in [2.05, 4.69) is 0 Å². The smallest absolute Gasteiger partial charge is 0.395 e. The lowest BCUT2D eigenvalue weighted by Gasteiger charge is -2.35. The Hall–Kier alpha value is -2.95. The minimum Gasteiger partial charge on any atom is -0.395 e. The number of nitrogens with zero attached hydrogens (tertiary/aromatic N) is 1. The van der Waals surface area contributed by atoms with Gasteiger partial charge >= 0.3 is 12.4 Å². The second kappa shape index (κ2) is 9.74. The summed E-state index contributed by atoms with van der Waals surface area (Å²) >= 11 is 0. The van der Waals surface area contributed by atoms with Crippen LogP contribution < -0.4 is 0 Å². The molecule has 1 fully saturated rings. The van der Waals surface area contributed by atoms with E-state index in [0.29, 0.717) is 42.9 Å². The van der Waals surface area contributed by atoms with Crippen molar-refractivity contribution < 1.29 is 40.9 Å². The molecule has 0 bridgehead atoms. The van der Waals surface area contributed by atoms with Gasteiger partial charge in [-0.15, -0.1) is 0 Å². The molecule has 3 aromatic rings. The first-order valence-electron chi connectivity index (χ1n) is 11.4. The topological polar surface area (TPSA) is 43.7 Å². The minimum atomic E-state index is -5.99. The molecule has 2 unspecified atom stereocenters. The zero-order chi connectivity index (χ0) is 27.1. The summed E-state index contributed by atoms with van der Waals surface area (Å²) < 4.78 is 93.7. The van der Waals surface area contributed by atoms with Crippen molar-refractivity contribution in [3.8, 4) is 0 Å². The third-order valence-electron chi connectivity index (χ3n) is 7.12. The predicted octanol–water partition coefficient (Wildman–Crippen LogP) is 5.67. The highest BCUT2D eigenvalue weighted by atomic mass is 19.4. The van der Waals surface area contributed by atoms with Gasteiger partial charge in [-0.1, -0.05) is 66.7 Å². The van der Waals surface area contributed by atoms with Crippen LogP contribution in [0.5, 0.6) is 0 Å². The molecule has 2 N–H and O–H groups in total. The van der Waals surface area contributed by atoms with Gasteiger partial charge in [0, 0.05) is 36.5 Å². The van der Waals surface area contributed by atoms with Gasteiger partial charge in [0.05, 0.1) is 6.61 Å². The number of aliphatic hydroxyl groups excluding tert-OH is 1. The van der Waals surface area contributed by atoms with Crippen molar-refractivity contribution in [1.29, 1.82) is 0 Å². The summed E-state index contributed by atoms with van der Waals surface area (Å²) in [5, 5.41) is 20.3. The average molecular weight is 527 g/mol. The maximum Gasteiger partial charge on any atom is 0.430 e. The summed E-state index contributed by atoms with van der Waals surface area (Å²) in [4.78, 5) is 2.02. The molecular formula is C27H24F7NO2. The largest absolute Gasteiger partial charge is 0.430 e. The highest BCUT2D eigenvalue weighted by Crippen LogP contribution is 2.51. The van der Waals surface area contributed by atoms with Crippen molar-refractivity contribution in [3.05, 3.63) is 107 Å². The Kier molecular flexibility index (Phi) is 7.13. The number of aliphatic hydroxyl groups is 2. The quantitative estimate of drug-likeness (QED) is 0.407. The minimum absolute atomic E-state index is 0.311. The first-order valence-corrected chi connectivity index (χ1v) is 11.4. The van der Waals surface area contributed by atoms with Crippen molar-refractivity contribution in [1.82, 2.24) is 4.90 Å². The van der Waals surface area contributed by atoms with Gasteiger partial charge in [-0.3, -0.25) is 4.90 Å². The zero-order valence-electron chi connectivity index (χ0n) is 19.4. The van der Waals surface area contributed by atoms with Crippen molar-refractivity contribution >= 4 is 0 Å². The maximum atomic E-state index is 13.7. The van der Waals surface area contributed by atoms with E-state index < -0.39 is 47.3 Å². The third kappa shape index (κ3) is 4.85. The second-order valence-electron chi connectivity index (χ2n) is 9.36. The number of halogens is 7. The van der Waals surface area contributed by atoms with Crippen LogP contribution in [-0.2, 0) is 17.6 Å². The Labute approximate surface area is 208 Å². The van der Waals surface area contributed by atoms with Crippen molar-refractivity contribution in [3.63, 3.8) is 0 Å². The van der Waals surface area contributed by atoms with Crippen LogP contribution in [0.3, 0.4) is 0 Å². The Morgan fingerprint density at radius 1 is 0.811 bits per heavy atom. The van der Waals surface area contributed by atoms with E-state index in [1.165, 1.54) is 24.3 Å². The van der Waals surface area contributed by atoms with Gasteiger partial charge in [-0.2, -0.15) is 26.3 Å². The number of hydrogen-bond donors (Lipinski definition) is 2. The van der Waals surface area contributed by atoms with Crippen molar-refractivity contribution in [2.75, 3.05) is 19.7 Å². The van der Waals surface area contributed by atoms with Gasteiger partial charge in [-0.25, -0.2) is 4.39 Å². The molecule has 4 rings (SSSR count). The molecule has 10 heteroatoms. The lowest BCUT2D eigenvalue weighted by Crippen LogP contribution is -2.53. The van der Waals surface area contributed by atoms with Gasteiger partial charge < -0.3 is 10.2 Å². The summed E-state index contributed by atoms with van der Waals surface area (Å²) in [5.74, 6) is -1.04. The number of hydrogen-bond acceptors (Lipinski definition) is 3. The Morgan fingerprint density at radius 2 is 1.38 bits per heavy atom. The van der Waals surface area contributed by atoms with Crippen LogP contribution in [0.25, 0.3) is 0 Å². The van der Waals surface area contributed by atoms with E-state index in [1.807, 2.05) is 35.2 Å². The van der Waals surface area contributed by atoms with E-state index in [0.717, 1.165) is 17.7 Å². The first-order chi connectivity index (χ1) is 17.3. The Balaban J connectivity index is 1.75. The Bertz CT molecular complexity index is 1180. The fraction of sp³-hybridized carbons (Fsp3) is 0.333. The molecule has 37 heavy (non-hydrogen) atoms. The van der Waals surface area contributed by atoms with E-state index in [-0.39, 0.29) is 0 Å².